The largest absolute Gasteiger partial charge is 0.354 e. The molecule has 1 rings (SSSR count). The monoisotopic (exact) mass is 212 g/mol. The van der Waals surface area contributed by atoms with E-state index in [1.165, 1.54) is 11.3 Å². The number of hydrogen-bond acceptors (Lipinski definition) is 3. The highest BCUT2D eigenvalue weighted by Gasteiger charge is 2.15. The Labute approximate surface area is 88.3 Å². The van der Waals surface area contributed by atoms with Gasteiger partial charge in [0, 0.05) is 11.4 Å². The molecular weight excluding hydrogens is 196 g/mol. The Morgan fingerprint density at radius 3 is 2.86 bits per heavy atom. The van der Waals surface area contributed by atoms with Crippen molar-refractivity contribution in [2.75, 3.05) is 6.54 Å². The first-order valence-corrected chi connectivity index (χ1v) is 5.56. The number of carbonyl (C=O) groups excluding carboxylic acids is 1. The molecular formula is C10H16N2OS. The summed E-state index contributed by atoms with van der Waals surface area (Å²) < 4.78 is 0. The first-order valence-electron chi connectivity index (χ1n) is 4.68. The van der Waals surface area contributed by atoms with Crippen LogP contribution in [-0.4, -0.2) is 12.5 Å². The Bertz CT molecular complexity index is 282. The third-order valence-corrected chi connectivity index (χ3v) is 2.77. The lowest BCUT2D eigenvalue weighted by molar-refractivity contribution is -0.122. The molecule has 3 N–H and O–H groups in total. The lowest BCUT2D eigenvalue weighted by atomic mass is 10.2. The average molecular weight is 212 g/mol. The summed E-state index contributed by atoms with van der Waals surface area (Å²) in [7, 11) is 0. The molecule has 3 nitrogen and oxygen atoms in total. The van der Waals surface area contributed by atoms with Crippen LogP contribution in [0.15, 0.2) is 17.5 Å². The second kappa shape index (κ2) is 5.12. The van der Waals surface area contributed by atoms with Crippen molar-refractivity contribution >= 4 is 17.2 Å². The minimum atomic E-state index is -0.520. The van der Waals surface area contributed by atoms with Crippen LogP contribution in [0.3, 0.4) is 0 Å². The average Bonchev–Trinajstić information content (AvgIpc) is 2.65. The zero-order valence-electron chi connectivity index (χ0n) is 8.49. The van der Waals surface area contributed by atoms with Gasteiger partial charge in [-0.1, -0.05) is 19.9 Å². The van der Waals surface area contributed by atoms with Crippen LogP contribution in [0.4, 0.5) is 0 Å². The first-order chi connectivity index (χ1) is 6.61. The molecule has 1 heterocycles. The van der Waals surface area contributed by atoms with Crippen LogP contribution in [0.25, 0.3) is 0 Å². The lowest BCUT2D eigenvalue weighted by Crippen LogP contribution is -2.35. The minimum Gasteiger partial charge on any atom is -0.354 e. The third-order valence-electron chi connectivity index (χ3n) is 1.82. The van der Waals surface area contributed by atoms with Gasteiger partial charge in [-0.25, -0.2) is 0 Å². The van der Waals surface area contributed by atoms with Gasteiger partial charge < -0.3 is 11.1 Å². The molecule has 4 heteroatoms. The molecule has 0 aliphatic rings. The molecule has 0 bridgehead atoms. The van der Waals surface area contributed by atoms with Gasteiger partial charge in [0.15, 0.2) is 0 Å². The summed E-state index contributed by atoms with van der Waals surface area (Å²) in [5.41, 5.74) is 5.77. The molecule has 0 saturated carbocycles. The standard InChI is InChI=1S/C10H16N2OS/c1-7(2)6-12-10(13)9(11)8-4-3-5-14-8/h3-5,7,9H,6,11H2,1-2H3,(H,12,13). The predicted octanol–water partition coefficient (Wildman–Crippen LogP) is 1.52. The molecule has 1 aromatic rings. The Kier molecular flexibility index (Phi) is 4.10. The second-order valence-corrected chi connectivity index (χ2v) is 4.61. The molecule has 1 aromatic heterocycles. The van der Waals surface area contributed by atoms with Gasteiger partial charge >= 0.3 is 0 Å². The third kappa shape index (κ3) is 3.12. The Morgan fingerprint density at radius 1 is 1.64 bits per heavy atom. The Morgan fingerprint density at radius 2 is 2.36 bits per heavy atom. The molecule has 1 atom stereocenters. The summed E-state index contributed by atoms with van der Waals surface area (Å²) >= 11 is 1.51. The van der Waals surface area contributed by atoms with Gasteiger partial charge in [-0.3, -0.25) is 4.79 Å². The van der Waals surface area contributed by atoms with Crippen molar-refractivity contribution in [3.63, 3.8) is 0 Å². The fourth-order valence-corrected chi connectivity index (χ4v) is 1.74. The Hall–Kier alpha value is -0.870. The molecule has 1 amide bonds. The molecule has 0 saturated heterocycles. The maximum Gasteiger partial charge on any atom is 0.242 e. The first kappa shape index (κ1) is 11.2. The van der Waals surface area contributed by atoms with E-state index >= 15 is 0 Å². The van der Waals surface area contributed by atoms with E-state index in [4.69, 9.17) is 5.73 Å². The van der Waals surface area contributed by atoms with E-state index in [2.05, 4.69) is 19.2 Å². The van der Waals surface area contributed by atoms with Gasteiger partial charge in [-0.15, -0.1) is 11.3 Å². The van der Waals surface area contributed by atoms with Crippen LogP contribution < -0.4 is 11.1 Å². The van der Waals surface area contributed by atoms with Crippen molar-refractivity contribution in [3.05, 3.63) is 22.4 Å². The highest BCUT2D eigenvalue weighted by Crippen LogP contribution is 2.16. The molecule has 14 heavy (non-hydrogen) atoms. The zero-order valence-corrected chi connectivity index (χ0v) is 9.30. The molecule has 0 spiro atoms. The van der Waals surface area contributed by atoms with Gasteiger partial charge in [0.2, 0.25) is 5.91 Å². The van der Waals surface area contributed by atoms with Crippen molar-refractivity contribution in [3.8, 4) is 0 Å². The van der Waals surface area contributed by atoms with Crippen molar-refractivity contribution < 1.29 is 4.79 Å². The normalized spacial score (nSPS) is 12.9. The number of hydrogen-bond donors (Lipinski definition) is 2. The van der Waals surface area contributed by atoms with Gasteiger partial charge in [0.25, 0.3) is 0 Å². The minimum absolute atomic E-state index is 0.0962. The smallest absolute Gasteiger partial charge is 0.242 e. The van der Waals surface area contributed by atoms with Crippen molar-refractivity contribution in [1.82, 2.24) is 5.32 Å². The van der Waals surface area contributed by atoms with Crippen molar-refractivity contribution in [2.24, 2.45) is 11.7 Å². The summed E-state index contributed by atoms with van der Waals surface area (Å²) in [6.07, 6.45) is 0. The summed E-state index contributed by atoms with van der Waals surface area (Å²) in [6, 6.07) is 3.26. The fraction of sp³-hybridized carbons (Fsp3) is 0.500. The Balaban J connectivity index is 2.45. The molecule has 0 aromatic carbocycles. The fourth-order valence-electron chi connectivity index (χ4n) is 1.01. The molecule has 78 valence electrons. The second-order valence-electron chi connectivity index (χ2n) is 3.63. The summed E-state index contributed by atoms with van der Waals surface area (Å²) in [6.45, 7) is 4.78. The molecule has 0 aliphatic carbocycles. The van der Waals surface area contributed by atoms with Crippen LogP contribution in [0.5, 0.6) is 0 Å². The number of rotatable bonds is 4. The predicted molar refractivity (Wildman–Crippen MR) is 59.1 cm³/mol. The van der Waals surface area contributed by atoms with Crippen LogP contribution in [0, 0.1) is 5.92 Å². The lowest BCUT2D eigenvalue weighted by Gasteiger charge is -2.11. The molecule has 0 aliphatic heterocycles. The summed E-state index contributed by atoms with van der Waals surface area (Å²) in [5.74, 6) is 0.357. The van der Waals surface area contributed by atoms with Gasteiger partial charge in [0.1, 0.15) is 6.04 Å². The number of nitrogens with two attached hydrogens (primary N) is 1. The van der Waals surface area contributed by atoms with E-state index in [9.17, 15) is 4.79 Å². The highest BCUT2D eigenvalue weighted by atomic mass is 32.1. The van der Waals surface area contributed by atoms with Crippen LogP contribution in [-0.2, 0) is 4.79 Å². The maximum atomic E-state index is 11.5. The highest BCUT2D eigenvalue weighted by molar-refractivity contribution is 7.10. The van der Waals surface area contributed by atoms with E-state index < -0.39 is 6.04 Å². The van der Waals surface area contributed by atoms with Crippen molar-refractivity contribution in [2.45, 2.75) is 19.9 Å². The number of carbonyl (C=O) groups is 1. The molecule has 0 fully saturated rings. The van der Waals surface area contributed by atoms with Crippen LogP contribution in [0.1, 0.15) is 24.8 Å². The summed E-state index contributed by atoms with van der Waals surface area (Å²) in [5, 5.41) is 4.73. The number of thiophene rings is 1. The SMILES string of the molecule is CC(C)CNC(=O)C(N)c1cccs1. The van der Waals surface area contributed by atoms with E-state index in [0.717, 1.165) is 4.88 Å². The maximum absolute atomic E-state index is 11.5. The molecule has 0 radical (unpaired) electrons. The summed E-state index contributed by atoms with van der Waals surface area (Å²) in [4.78, 5) is 12.4. The number of amides is 1. The molecule has 1 unspecified atom stereocenters. The van der Waals surface area contributed by atoms with E-state index in [1.54, 1.807) is 0 Å². The van der Waals surface area contributed by atoms with Gasteiger partial charge in [-0.2, -0.15) is 0 Å². The van der Waals surface area contributed by atoms with Crippen molar-refractivity contribution in [1.29, 1.82) is 0 Å². The van der Waals surface area contributed by atoms with E-state index in [1.807, 2.05) is 17.5 Å². The van der Waals surface area contributed by atoms with Crippen LogP contribution in [0.2, 0.25) is 0 Å². The van der Waals surface area contributed by atoms with E-state index in [-0.39, 0.29) is 5.91 Å². The topological polar surface area (TPSA) is 55.1 Å². The van der Waals surface area contributed by atoms with E-state index in [0.29, 0.717) is 12.5 Å². The van der Waals surface area contributed by atoms with Crippen LogP contribution >= 0.6 is 11.3 Å². The quantitative estimate of drug-likeness (QED) is 0.795. The zero-order chi connectivity index (χ0) is 10.6. The van der Waals surface area contributed by atoms with Gasteiger partial charge in [-0.05, 0) is 17.4 Å². The number of nitrogens with one attached hydrogen (secondary N) is 1. The van der Waals surface area contributed by atoms with Gasteiger partial charge in [0.05, 0.1) is 0 Å².